The van der Waals surface area contributed by atoms with Crippen LogP contribution < -0.4 is 5.32 Å². The number of carbonyl (C=O) groups excluding carboxylic acids is 1. The molecule has 110 valence electrons. The third-order valence-electron chi connectivity index (χ3n) is 2.35. The van der Waals surface area contributed by atoms with Crippen LogP contribution in [0.3, 0.4) is 0 Å². The Labute approximate surface area is 121 Å². The zero-order chi connectivity index (χ0) is 15.1. The summed E-state index contributed by atoms with van der Waals surface area (Å²) < 4.78 is 4.84. The summed E-state index contributed by atoms with van der Waals surface area (Å²) in [7, 11) is 0. The molecule has 0 fully saturated rings. The van der Waals surface area contributed by atoms with E-state index in [2.05, 4.69) is 15.3 Å². The molecule has 1 amide bonds. The van der Waals surface area contributed by atoms with Gasteiger partial charge in [-0.1, -0.05) is 0 Å². The van der Waals surface area contributed by atoms with Gasteiger partial charge in [-0.3, -0.25) is 4.79 Å². The number of hydrogen-bond acceptors (Lipinski definition) is 6. The standard InChI is InChI=1S/C12H17N3O4S/c1-7-10(12(20-3)15-8(2)14-7)11(18)13-4-5-19-6-9(16)17/h4-6H2,1-3H3,(H,13,18)(H,16,17). The van der Waals surface area contributed by atoms with E-state index in [0.29, 0.717) is 22.1 Å². The molecule has 0 aromatic carbocycles. The second kappa shape index (κ2) is 7.81. The molecule has 0 saturated carbocycles. The zero-order valence-electron chi connectivity index (χ0n) is 11.6. The monoisotopic (exact) mass is 299 g/mol. The van der Waals surface area contributed by atoms with Gasteiger partial charge in [-0.05, 0) is 20.1 Å². The molecule has 1 aromatic rings. The van der Waals surface area contributed by atoms with Gasteiger partial charge in [0.1, 0.15) is 17.5 Å². The Kier molecular flexibility index (Phi) is 6.40. The molecule has 0 aliphatic heterocycles. The van der Waals surface area contributed by atoms with Crippen molar-refractivity contribution >= 4 is 23.6 Å². The molecule has 2 N–H and O–H groups in total. The summed E-state index contributed by atoms with van der Waals surface area (Å²) >= 11 is 1.38. The van der Waals surface area contributed by atoms with Crippen molar-refractivity contribution in [1.82, 2.24) is 15.3 Å². The number of carboxylic acid groups (broad SMARTS) is 1. The summed E-state index contributed by atoms with van der Waals surface area (Å²) in [6.45, 7) is 3.52. The van der Waals surface area contributed by atoms with Gasteiger partial charge in [0.2, 0.25) is 0 Å². The lowest BCUT2D eigenvalue weighted by molar-refractivity contribution is -0.142. The Morgan fingerprint density at radius 2 is 2.05 bits per heavy atom. The molecule has 0 radical (unpaired) electrons. The van der Waals surface area contributed by atoms with E-state index in [1.807, 2.05) is 6.26 Å². The third kappa shape index (κ3) is 4.78. The van der Waals surface area contributed by atoms with Gasteiger partial charge in [0, 0.05) is 6.54 Å². The van der Waals surface area contributed by atoms with Crippen molar-refractivity contribution in [1.29, 1.82) is 0 Å². The van der Waals surface area contributed by atoms with E-state index in [-0.39, 0.29) is 25.7 Å². The minimum Gasteiger partial charge on any atom is -0.480 e. The Bertz CT molecular complexity index is 508. The Morgan fingerprint density at radius 1 is 1.35 bits per heavy atom. The van der Waals surface area contributed by atoms with Crippen LogP contribution in [0.1, 0.15) is 21.9 Å². The van der Waals surface area contributed by atoms with Crippen molar-refractivity contribution in [3.05, 3.63) is 17.1 Å². The van der Waals surface area contributed by atoms with Crippen LogP contribution >= 0.6 is 11.8 Å². The SMILES string of the molecule is CSc1nc(C)nc(C)c1C(=O)NCCOCC(=O)O. The minimum absolute atomic E-state index is 0.137. The molecule has 1 heterocycles. The van der Waals surface area contributed by atoms with E-state index >= 15 is 0 Å². The van der Waals surface area contributed by atoms with Crippen molar-refractivity contribution < 1.29 is 19.4 Å². The lowest BCUT2D eigenvalue weighted by Gasteiger charge is -2.11. The molecule has 0 saturated heterocycles. The molecule has 7 nitrogen and oxygen atoms in total. The van der Waals surface area contributed by atoms with E-state index in [1.54, 1.807) is 13.8 Å². The number of rotatable bonds is 7. The first-order valence-electron chi connectivity index (χ1n) is 5.92. The van der Waals surface area contributed by atoms with Crippen LogP contribution in [0, 0.1) is 13.8 Å². The first-order valence-corrected chi connectivity index (χ1v) is 7.15. The third-order valence-corrected chi connectivity index (χ3v) is 3.03. The molecule has 0 spiro atoms. The average molecular weight is 299 g/mol. The van der Waals surface area contributed by atoms with Crippen LogP contribution in [-0.2, 0) is 9.53 Å². The number of thioether (sulfide) groups is 1. The largest absolute Gasteiger partial charge is 0.480 e. The highest BCUT2D eigenvalue weighted by atomic mass is 32.2. The highest BCUT2D eigenvalue weighted by Gasteiger charge is 2.16. The first kappa shape index (κ1) is 16.4. The fourth-order valence-corrected chi connectivity index (χ4v) is 2.24. The van der Waals surface area contributed by atoms with Crippen LogP contribution in [0.5, 0.6) is 0 Å². The van der Waals surface area contributed by atoms with Crippen molar-refractivity contribution in [3.8, 4) is 0 Å². The second-order valence-corrected chi connectivity index (χ2v) is 4.74. The van der Waals surface area contributed by atoms with E-state index < -0.39 is 5.97 Å². The Hall–Kier alpha value is -1.67. The number of amides is 1. The number of hydrogen-bond donors (Lipinski definition) is 2. The Balaban J connectivity index is 2.61. The predicted molar refractivity (Wildman–Crippen MR) is 74.1 cm³/mol. The summed E-state index contributed by atoms with van der Waals surface area (Å²) in [5, 5.41) is 11.7. The quantitative estimate of drug-likeness (QED) is 0.433. The predicted octanol–water partition coefficient (Wildman–Crippen LogP) is 0.646. The van der Waals surface area contributed by atoms with Crippen molar-refractivity contribution in [2.75, 3.05) is 26.0 Å². The number of carboxylic acids is 1. The van der Waals surface area contributed by atoms with Gasteiger partial charge in [-0.15, -0.1) is 11.8 Å². The van der Waals surface area contributed by atoms with Crippen LogP contribution in [0.4, 0.5) is 0 Å². The summed E-state index contributed by atoms with van der Waals surface area (Å²) in [6, 6.07) is 0. The average Bonchev–Trinajstić information content (AvgIpc) is 2.36. The lowest BCUT2D eigenvalue weighted by Crippen LogP contribution is -2.29. The first-order chi connectivity index (χ1) is 9.45. The van der Waals surface area contributed by atoms with Gasteiger partial charge in [-0.25, -0.2) is 14.8 Å². The second-order valence-electron chi connectivity index (χ2n) is 3.94. The Morgan fingerprint density at radius 3 is 2.65 bits per heavy atom. The number of carbonyl (C=O) groups is 2. The normalized spacial score (nSPS) is 10.3. The van der Waals surface area contributed by atoms with E-state index in [0.717, 1.165) is 0 Å². The van der Waals surface area contributed by atoms with Crippen molar-refractivity contribution in [3.63, 3.8) is 0 Å². The van der Waals surface area contributed by atoms with Crippen LogP contribution in [0.25, 0.3) is 0 Å². The maximum absolute atomic E-state index is 12.1. The number of nitrogens with zero attached hydrogens (tertiary/aromatic N) is 2. The topological polar surface area (TPSA) is 101 Å². The van der Waals surface area contributed by atoms with Gasteiger partial charge >= 0.3 is 5.97 Å². The molecule has 0 bridgehead atoms. The van der Waals surface area contributed by atoms with Gasteiger partial charge in [0.05, 0.1) is 17.9 Å². The van der Waals surface area contributed by atoms with Gasteiger partial charge in [0.25, 0.3) is 5.91 Å². The number of aromatic nitrogens is 2. The highest BCUT2D eigenvalue weighted by Crippen LogP contribution is 2.20. The van der Waals surface area contributed by atoms with E-state index in [1.165, 1.54) is 11.8 Å². The number of aryl methyl sites for hydroxylation is 2. The highest BCUT2D eigenvalue weighted by molar-refractivity contribution is 7.98. The summed E-state index contributed by atoms with van der Waals surface area (Å²) in [5.74, 6) is -0.706. The maximum Gasteiger partial charge on any atom is 0.329 e. The molecule has 8 heteroatoms. The van der Waals surface area contributed by atoms with Crippen LogP contribution in [0.2, 0.25) is 0 Å². The smallest absolute Gasteiger partial charge is 0.329 e. The molecular weight excluding hydrogens is 282 g/mol. The summed E-state index contributed by atoms with van der Waals surface area (Å²) in [5.41, 5.74) is 1.06. The van der Waals surface area contributed by atoms with E-state index in [9.17, 15) is 9.59 Å². The maximum atomic E-state index is 12.1. The molecule has 0 unspecified atom stereocenters. The minimum atomic E-state index is -1.04. The summed E-state index contributed by atoms with van der Waals surface area (Å²) in [4.78, 5) is 30.7. The van der Waals surface area contributed by atoms with Crippen molar-refractivity contribution in [2.45, 2.75) is 18.9 Å². The van der Waals surface area contributed by atoms with Crippen molar-refractivity contribution in [2.24, 2.45) is 0 Å². The molecule has 1 rings (SSSR count). The molecule has 0 aliphatic carbocycles. The number of nitrogens with one attached hydrogen (secondary N) is 1. The fourth-order valence-electron chi connectivity index (χ4n) is 1.57. The summed E-state index contributed by atoms with van der Waals surface area (Å²) in [6.07, 6.45) is 1.84. The van der Waals surface area contributed by atoms with Gasteiger partial charge < -0.3 is 15.2 Å². The molecule has 20 heavy (non-hydrogen) atoms. The van der Waals surface area contributed by atoms with E-state index in [4.69, 9.17) is 9.84 Å². The molecule has 0 atom stereocenters. The lowest BCUT2D eigenvalue weighted by atomic mass is 10.2. The van der Waals surface area contributed by atoms with Crippen LogP contribution in [0.15, 0.2) is 5.03 Å². The molecule has 0 aliphatic rings. The molecule has 1 aromatic heterocycles. The molecular formula is C12H17N3O4S. The zero-order valence-corrected chi connectivity index (χ0v) is 12.4. The number of aliphatic carboxylic acids is 1. The van der Waals surface area contributed by atoms with Gasteiger partial charge in [0.15, 0.2) is 0 Å². The van der Waals surface area contributed by atoms with Gasteiger partial charge in [-0.2, -0.15) is 0 Å². The van der Waals surface area contributed by atoms with Crippen LogP contribution in [-0.4, -0.2) is 53.0 Å². The fraction of sp³-hybridized carbons (Fsp3) is 0.500. The number of ether oxygens (including phenoxy) is 1.